The van der Waals surface area contributed by atoms with Gasteiger partial charge in [-0.3, -0.25) is 47.9 Å². The molecule has 488 valence electrons. The second-order valence-electron chi connectivity index (χ2n) is 19.2. The molecule has 1 aliphatic rings. The summed E-state index contributed by atoms with van der Waals surface area (Å²) >= 11 is 12.7. The van der Waals surface area contributed by atoms with Gasteiger partial charge < -0.3 is 36.0 Å². The van der Waals surface area contributed by atoms with Crippen molar-refractivity contribution < 1.29 is 92.5 Å². The van der Waals surface area contributed by atoms with Crippen LogP contribution in [0.15, 0.2) is 118 Å². The number of methoxy groups -OCH3 is 1. The Morgan fingerprint density at radius 2 is 1.15 bits per heavy atom. The van der Waals surface area contributed by atoms with Gasteiger partial charge in [-0.25, -0.2) is 0 Å². The lowest BCUT2D eigenvalue weighted by molar-refractivity contribution is -0.114. The normalized spacial score (nSPS) is 13.7. The number of aromatic hydroxyl groups is 1. The summed E-state index contributed by atoms with van der Waals surface area (Å²) in [6, 6.07) is 11.9. The van der Waals surface area contributed by atoms with Gasteiger partial charge in [0.25, 0.3) is 60.7 Å². The largest absolute Gasteiger partial charge is 0.505 e. The van der Waals surface area contributed by atoms with Crippen molar-refractivity contribution in [2.75, 3.05) is 83.4 Å². The third kappa shape index (κ3) is 16.0. The molecule has 2 aromatic heterocycles. The van der Waals surface area contributed by atoms with Crippen molar-refractivity contribution >= 4 is 175 Å². The number of hydrazine groups is 1. The van der Waals surface area contributed by atoms with E-state index in [4.69, 9.17) is 27.9 Å². The van der Waals surface area contributed by atoms with Gasteiger partial charge in [0.05, 0.1) is 39.7 Å². The number of phenols is 1. The number of halogens is 2. The molecule has 1 aliphatic heterocycles. The van der Waals surface area contributed by atoms with Gasteiger partial charge in [-0.2, -0.15) is 80.4 Å². The van der Waals surface area contributed by atoms with E-state index in [0.717, 1.165) is 12.1 Å². The molecular weight excluding hydrogens is 1390 g/mol. The van der Waals surface area contributed by atoms with Crippen LogP contribution in [-0.2, 0) is 65.5 Å². The van der Waals surface area contributed by atoms with Crippen molar-refractivity contribution in [3.05, 3.63) is 89.4 Å². The predicted molar refractivity (Wildman–Crippen MR) is 327 cm³/mol. The molecule has 45 heteroatoms. The van der Waals surface area contributed by atoms with E-state index in [1.165, 1.54) is 44.4 Å². The fourth-order valence-corrected chi connectivity index (χ4v) is 13.0. The fraction of sp³-hybridized carbons (Fsp3) is 0.170. The zero-order valence-corrected chi connectivity index (χ0v) is 52.7. The maximum atomic E-state index is 12.6. The van der Waals surface area contributed by atoms with Gasteiger partial charge >= 0.3 is 0 Å². The number of phenolic OH excluding ortho intramolecular Hbond substituents is 1. The van der Waals surface area contributed by atoms with E-state index in [1.807, 2.05) is 4.90 Å². The molecule has 0 atom stereocenters. The number of carbonyl (C=O) groups excluding carboxylic acids is 1. The van der Waals surface area contributed by atoms with Crippen molar-refractivity contribution in [2.24, 2.45) is 10.2 Å². The van der Waals surface area contributed by atoms with Gasteiger partial charge in [-0.15, -0.1) is 10.2 Å². The van der Waals surface area contributed by atoms with E-state index in [0.29, 0.717) is 69.1 Å². The molecule has 0 saturated carbocycles. The van der Waals surface area contributed by atoms with E-state index in [9.17, 15) is 87.7 Å². The van der Waals surface area contributed by atoms with Crippen LogP contribution in [0.25, 0.3) is 21.5 Å². The highest BCUT2D eigenvalue weighted by molar-refractivity contribution is 7.87. The minimum Gasteiger partial charge on any atom is -0.505 e. The number of rotatable bonds is 22. The molecule has 1 amide bonds. The van der Waals surface area contributed by atoms with E-state index < -0.39 is 130 Å². The molecule has 0 unspecified atom stereocenters. The number of fused-ring (bicyclic) bond motifs is 2. The van der Waals surface area contributed by atoms with Crippen LogP contribution in [0.2, 0.25) is 10.6 Å². The van der Waals surface area contributed by atoms with Crippen molar-refractivity contribution in [1.29, 1.82) is 0 Å². The SMILES string of the molecule is COc1cc(NNc2cc3c(S(=O)(=O)O)cc(S(=O)(=O)O)cc3cc2S(=O)(=O)O)c(NC(C)=O)cc1Nc1nc(Cl)nc(N2CCN(CCNc3nc(Cl)nc(Nc4ccc5c(O)c(/N=N/c6cc(S(=O)(=O)O)ccc6S(=O)(=O)O)c(S(=O)(=O)O)cc5c4)n3)CC2)n1. The van der Waals surface area contributed by atoms with Gasteiger partial charge in [-0.05, 0) is 107 Å². The zero-order chi connectivity index (χ0) is 67.2. The van der Waals surface area contributed by atoms with Crippen molar-refractivity contribution in [2.45, 2.75) is 36.3 Å². The molecule has 0 spiro atoms. The van der Waals surface area contributed by atoms with Crippen LogP contribution in [0.5, 0.6) is 11.5 Å². The molecule has 1 fully saturated rings. The Labute approximate surface area is 529 Å². The summed E-state index contributed by atoms with van der Waals surface area (Å²) in [5.74, 6) is -1.44. The van der Waals surface area contributed by atoms with Crippen molar-refractivity contribution in [1.82, 2.24) is 34.8 Å². The van der Waals surface area contributed by atoms with Crippen molar-refractivity contribution in [3.8, 4) is 11.5 Å². The van der Waals surface area contributed by atoms with E-state index in [-0.39, 0.29) is 80.2 Å². The Bertz CT molecular complexity index is 5120. The molecule has 9 rings (SSSR count). The molecule has 6 aromatic carbocycles. The number of anilines is 9. The number of hydrogen-bond donors (Lipinski definition) is 13. The van der Waals surface area contributed by atoms with Crippen LogP contribution in [0.3, 0.4) is 0 Å². The second-order valence-corrected chi connectivity index (χ2v) is 28.3. The lowest BCUT2D eigenvalue weighted by Gasteiger charge is -2.34. The molecular formula is C47H44Cl2N16O21S6. The van der Waals surface area contributed by atoms with Gasteiger partial charge in [-0.1, -0.05) is 0 Å². The van der Waals surface area contributed by atoms with E-state index in [2.05, 4.69) is 77.2 Å². The summed E-state index contributed by atoms with van der Waals surface area (Å²) in [6.45, 7) is 3.65. The summed E-state index contributed by atoms with van der Waals surface area (Å²) in [5.41, 5.74) is 3.04. The number of carbonyl (C=O) groups is 1. The van der Waals surface area contributed by atoms with Gasteiger partial charge in [0, 0.05) is 68.7 Å². The fourth-order valence-electron chi connectivity index (χ4n) is 8.93. The Morgan fingerprint density at radius 1 is 0.554 bits per heavy atom. The standard InChI is InChI=1S/C47H44Cl2N16O21S6/c1-22(66)51-30-20-32(35(86-2)21-31(30)60-61-34-19-29-24(15-38(34)91(80,81)82)14-27(88(71,72)73)18-37(29)90(77,78)79)53-46-56-43(49)57-47(59-46)65-11-9-64(10-12-65)8-7-50-44-54-42(48)55-45(58-44)52-25-3-5-28-23(13-25)16-39(92(83,84)85)40(41(28)67)63-62-33-17-26(87(68,69)70)4-6-36(33)89(74,75)76/h3-6,13-21,60-61,67H,7-12H2,1-2H3,(H,51,66)(H,68,69,70)(H,71,72,73)(H,74,75,76)(H,77,78,79)(H,80,81,82)(H,83,84,85)(H,53,56,57,59)(H2,50,52,54,55,58)/b63-62+. The van der Waals surface area contributed by atoms with Crippen LogP contribution < -0.4 is 41.8 Å². The van der Waals surface area contributed by atoms with Gasteiger partial charge in [0.1, 0.15) is 36.7 Å². The Hall–Kier alpha value is -8.67. The van der Waals surface area contributed by atoms with Gasteiger partial charge in [0.2, 0.25) is 40.3 Å². The smallest absolute Gasteiger partial charge is 0.296 e. The molecule has 8 aromatic rings. The summed E-state index contributed by atoms with van der Waals surface area (Å²) < 4.78 is 211. The Balaban J connectivity index is 0.852. The molecule has 92 heavy (non-hydrogen) atoms. The number of nitrogens with one attached hydrogen (secondary N) is 6. The molecule has 37 nitrogen and oxygen atoms in total. The van der Waals surface area contributed by atoms with Crippen LogP contribution in [0.1, 0.15) is 6.92 Å². The number of aromatic nitrogens is 6. The lowest BCUT2D eigenvalue weighted by Crippen LogP contribution is -2.48. The first-order chi connectivity index (χ1) is 42.8. The highest BCUT2D eigenvalue weighted by Gasteiger charge is 2.28. The number of piperazine rings is 1. The number of amides is 1. The number of hydrogen-bond acceptors (Lipinski definition) is 30. The van der Waals surface area contributed by atoms with E-state index in [1.54, 1.807) is 0 Å². The van der Waals surface area contributed by atoms with Crippen LogP contribution in [0, 0.1) is 0 Å². The minimum atomic E-state index is -5.25. The first kappa shape index (κ1) is 67.7. The Kier molecular flexibility index (Phi) is 19.0. The van der Waals surface area contributed by atoms with Crippen LogP contribution in [0.4, 0.5) is 63.6 Å². The Morgan fingerprint density at radius 3 is 1.77 bits per heavy atom. The summed E-state index contributed by atoms with van der Waals surface area (Å²) in [5, 5.41) is 28.3. The number of ether oxygens (including phenoxy) is 1. The molecule has 1 saturated heterocycles. The highest BCUT2D eigenvalue weighted by atomic mass is 35.5. The van der Waals surface area contributed by atoms with Crippen molar-refractivity contribution in [3.63, 3.8) is 0 Å². The zero-order valence-electron chi connectivity index (χ0n) is 46.3. The number of nitrogens with zero attached hydrogens (tertiary/aromatic N) is 10. The molecule has 0 radical (unpaired) electrons. The molecule has 3 heterocycles. The summed E-state index contributed by atoms with van der Waals surface area (Å²) in [7, 11) is -29.6. The average molecular weight is 1430 g/mol. The van der Waals surface area contributed by atoms with Gasteiger partial charge in [0.15, 0.2) is 5.75 Å². The first-order valence-corrected chi connectivity index (χ1v) is 34.6. The first-order valence-electron chi connectivity index (χ1n) is 25.2. The third-order valence-electron chi connectivity index (χ3n) is 13.0. The van der Waals surface area contributed by atoms with Crippen LogP contribution in [-0.4, -0.2) is 170 Å². The number of benzene rings is 6. The van der Waals surface area contributed by atoms with Crippen LogP contribution >= 0.6 is 23.2 Å². The van der Waals surface area contributed by atoms with E-state index >= 15 is 0 Å². The maximum Gasteiger partial charge on any atom is 0.296 e. The molecule has 0 bridgehead atoms. The minimum absolute atomic E-state index is 0.00718. The molecule has 0 aliphatic carbocycles. The monoisotopic (exact) mass is 1430 g/mol. The summed E-state index contributed by atoms with van der Waals surface area (Å²) in [6.07, 6.45) is 0. The average Bonchev–Trinajstić information content (AvgIpc) is 0.821. The third-order valence-corrected chi connectivity index (χ3v) is 18.6. The summed E-state index contributed by atoms with van der Waals surface area (Å²) in [4.78, 5) is 36.0. The maximum absolute atomic E-state index is 12.6. The molecule has 13 N–H and O–H groups in total. The number of azo groups is 1. The second kappa shape index (κ2) is 25.8. The predicted octanol–water partition coefficient (Wildman–Crippen LogP) is 5.40. The lowest BCUT2D eigenvalue weighted by atomic mass is 10.1. The highest BCUT2D eigenvalue weighted by Crippen LogP contribution is 2.44. The quantitative estimate of drug-likeness (QED) is 0.0229. The topological polar surface area (TPSA) is 553 Å².